The second kappa shape index (κ2) is 4.88. The summed E-state index contributed by atoms with van der Waals surface area (Å²) in [5.41, 5.74) is 1.49. The van der Waals surface area contributed by atoms with E-state index in [-0.39, 0.29) is 12.4 Å². The number of carbonyl (C=O) groups is 1. The SMILES string of the molecule is CCOC(=O)CC1(O)CCc2ccccc2C1. The van der Waals surface area contributed by atoms with Gasteiger partial charge in [-0.15, -0.1) is 0 Å². The Kier molecular flexibility index (Phi) is 3.48. The molecular weight excluding hydrogens is 216 g/mol. The zero-order valence-corrected chi connectivity index (χ0v) is 10.1. The molecule has 0 fully saturated rings. The monoisotopic (exact) mass is 234 g/mol. The van der Waals surface area contributed by atoms with E-state index in [4.69, 9.17) is 4.74 Å². The van der Waals surface area contributed by atoms with Crippen molar-refractivity contribution in [3.8, 4) is 0 Å². The van der Waals surface area contributed by atoms with Gasteiger partial charge in [-0.25, -0.2) is 0 Å². The standard InChI is InChI=1S/C14H18O3/c1-2-17-13(15)10-14(16)8-7-11-5-3-4-6-12(11)9-14/h3-6,16H,2,7-10H2,1H3. The highest BCUT2D eigenvalue weighted by Gasteiger charge is 2.34. The molecule has 1 aromatic carbocycles. The maximum absolute atomic E-state index is 11.4. The fourth-order valence-corrected chi connectivity index (χ4v) is 2.42. The van der Waals surface area contributed by atoms with Crippen LogP contribution < -0.4 is 0 Å². The summed E-state index contributed by atoms with van der Waals surface area (Å²) in [4.78, 5) is 11.4. The average Bonchev–Trinajstić information content (AvgIpc) is 2.28. The molecule has 0 radical (unpaired) electrons. The van der Waals surface area contributed by atoms with Crippen LogP contribution in [0.1, 0.15) is 30.9 Å². The minimum atomic E-state index is -0.930. The summed E-state index contributed by atoms with van der Waals surface area (Å²) in [6, 6.07) is 8.08. The molecule has 1 N–H and O–H groups in total. The fraction of sp³-hybridized carbons (Fsp3) is 0.500. The molecule has 3 nitrogen and oxygen atoms in total. The minimum absolute atomic E-state index is 0.0924. The molecular formula is C14H18O3. The number of rotatable bonds is 3. The van der Waals surface area contributed by atoms with E-state index in [1.807, 2.05) is 18.2 Å². The van der Waals surface area contributed by atoms with Crippen LogP contribution in [0.15, 0.2) is 24.3 Å². The van der Waals surface area contributed by atoms with Crippen molar-refractivity contribution in [2.45, 2.75) is 38.2 Å². The van der Waals surface area contributed by atoms with Crippen molar-refractivity contribution in [3.63, 3.8) is 0 Å². The molecule has 3 heteroatoms. The van der Waals surface area contributed by atoms with Crippen LogP contribution >= 0.6 is 0 Å². The van der Waals surface area contributed by atoms with Crippen molar-refractivity contribution in [3.05, 3.63) is 35.4 Å². The van der Waals surface area contributed by atoms with Gasteiger partial charge in [0.05, 0.1) is 18.6 Å². The second-order valence-electron chi connectivity index (χ2n) is 4.65. The molecule has 1 aromatic rings. The van der Waals surface area contributed by atoms with E-state index in [9.17, 15) is 9.90 Å². The number of hydrogen-bond donors (Lipinski definition) is 1. The molecule has 0 spiro atoms. The molecule has 0 aromatic heterocycles. The van der Waals surface area contributed by atoms with Gasteiger partial charge in [0.15, 0.2) is 0 Å². The number of aliphatic hydroxyl groups is 1. The van der Waals surface area contributed by atoms with Crippen LogP contribution in [0.2, 0.25) is 0 Å². The van der Waals surface area contributed by atoms with Crippen LogP contribution in [-0.4, -0.2) is 23.3 Å². The summed E-state index contributed by atoms with van der Waals surface area (Å²) >= 11 is 0. The van der Waals surface area contributed by atoms with E-state index in [0.29, 0.717) is 19.4 Å². The van der Waals surface area contributed by atoms with Gasteiger partial charge >= 0.3 is 5.97 Å². The van der Waals surface area contributed by atoms with E-state index in [1.165, 1.54) is 5.56 Å². The Morgan fingerprint density at radius 1 is 1.41 bits per heavy atom. The third-order valence-corrected chi connectivity index (χ3v) is 3.28. The van der Waals surface area contributed by atoms with Gasteiger partial charge in [0.1, 0.15) is 0 Å². The maximum Gasteiger partial charge on any atom is 0.308 e. The number of benzene rings is 1. The lowest BCUT2D eigenvalue weighted by molar-refractivity contribution is -0.149. The lowest BCUT2D eigenvalue weighted by Crippen LogP contribution is -2.38. The first kappa shape index (κ1) is 12.1. The summed E-state index contributed by atoms with van der Waals surface area (Å²) < 4.78 is 4.90. The topological polar surface area (TPSA) is 46.5 Å². The normalized spacial score (nSPS) is 22.9. The first-order valence-electron chi connectivity index (χ1n) is 6.08. The molecule has 0 bridgehead atoms. The van der Waals surface area contributed by atoms with Gasteiger partial charge in [0, 0.05) is 6.42 Å². The van der Waals surface area contributed by atoms with Gasteiger partial charge < -0.3 is 9.84 Å². The lowest BCUT2D eigenvalue weighted by Gasteiger charge is -2.32. The van der Waals surface area contributed by atoms with E-state index >= 15 is 0 Å². The zero-order chi connectivity index (χ0) is 12.3. The molecule has 0 saturated heterocycles. The quantitative estimate of drug-likeness (QED) is 0.812. The van der Waals surface area contributed by atoms with E-state index in [2.05, 4.69) is 6.07 Å². The van der Waals surface area contributed by atoms with Gasteiger partial charge in [0.25, 0.3) is 0 Å². The maximum atomic E-state index is 11.4. The van der Waals surface area contributed by atoms with Crippen LogP contribution in [0.3, 0.4) is 0 Å². The first-order chi connectivity index (χ1) is 8.13. The van der Waals surface area contributed by atoms with Crippen LogP contribution in [0.4, 0.5) is 0 Å². The Hall–Kier alpha value is -1.35. The third-order valence-electron chi connectivity index (χ3n) is 3.28. The Morgan fingerprint density at radius 3 is 2.82 bits per heavy atom. The highest BCUT2D eigenvalue weighted by Crippen LogP contribution is 2.31. The van der Waals surface area contributed by atoms with Gasteiger partial charge in [-0.2, -0.15) is 0 Å². The summed E-state index contributed by atoms with van der Waals surface area (Å²) in [6.07, 6.45) is 2.09. The number of esters is 1. The number of hydrogen-bond acceptors (Lipinski definition) is 3. The Bertz CT molecular complexity index is 414. The summed E-state index contributed by atoms with van der Waals surface area (Å²) in [7, 11) is 0. The zero-order valence-electron chi connectivity index (χ0n) is 10.1. The van der Waals surface area contributed by atoms with Crippen molar-refractivity contribution in [1.29, 1.82) is 0 Å². The lowest BCUT2D eigenvalue weighted by atomic mass is 9.79. The average molecular weight is 234 g/mol. The highest BCUT2D eigenvalue weighted by molar-refractivity contribution is 5.70. The summed E-state index contributed by atoms with van der Waals surface area (Å²) in [6.45, 7) is 2.14. The van der Waals surface area contributed by atoms with Crippen molar-refractivity contribution < 1.29 is 14.6 Å². The van der Waals surface area contributed by atoms with Gasteiger partial charge in [0.2, 0.25) is 0 Å². The summed E-state index contributed by atoms with van der Waals surface area (Å²) in [5, 5.41) is 10.4. The van der Waals surface area contributed by atoms with Gasteiger partial charge in [-0.05, 0) is 30.9 Å². The molecule has 1 unspecified atom stereocenters. The van der Waals surface area contributed by atoms with Gasteiger partial charge in [-0.1, -0.05) is 24.3 Å². The van der Waals surface area contributed by atoms with E-state index < -0.39 is 5.60 Å². The molecule has 17 heavy (non-hydrogen) atoms. The fourth-order valence-electron chi connectivity index (χ4n) is 2.42. The minimum Gasteiger partial charge on any atom is -0.466 e. The van der Waals surface area contributed by atoms with E-state index in [0.717, 1.165) is 12.0 Å². The third kappa shape index (κ3) is 2.86. The predicted octanol–water partition coefficient (Wildman–Crippen LogP) is 1.86. The van der Waals surface area contributed by atoms with Crippen LogP contribution in [0, 0.1) is 0 Å². The summed E-state index contributed by atoms with van der Waals surface area (Å²) in [5.74, 6) is -0.311. The highest BCUT2D eigenvalue weighted by atomic mass is 16.5. The molecule has 0 amide bonds. The van der Waals surface area contributed by atoms with Crippen molar-refractivity contribution in [1.82, 2.24) is 0 Å². The van der Waals surface area contributed by atoms with Crippen LogP contribution in [-0.2, 0) is 22.4 Å². The van der Waals surface area contributed by atoms with Gasteiger partial charge in [-0.3, -0.25) is 4.79 Å². The second-order valence-corrected chi connectivity index (χ2v) is 4.65. The molecule has 0 heterocycles. The van der Waals surface area contributed by atoms with Crippen molar-refractivity contribution in [2.75, 3.05) is 6.61 Å². The van der Waals surface area contributed by atoms with Crippen molar-refractivity contribution in [2.24, 2.45) is 0 Å². The number of carbonyl (C=O) groups excluding carboxylic acids is 1. The number of fused-ring (bicyclic) bond motifs is 1. The number of ether oxygens (including phenoxy) is 1. The first-order valence-corrected chi connectivity index (χ1v) is 6.08. The molecule has 0 saturated carbocycles. The molecule has 2 rings (SSSR count). The predicted molar refractivity (Wildman–Crippen MR) is 64.7 cm³/mol. The Morgan fingerprint density at radius 2 is 2.12 bits per heavy atom. The van der Waals surface area contributed by atoms with Crippen LogP contribution in [0.5, 0.6) is 0 Å². The molecule has 1 aliphatic carbocycles. The number of aryl methyl sites for hydroxylation is 1. The molecule has 1 atom stereocenters. The Labute approximate surface area is 101 Å². The Balaban J connectivity index is 2.07. The molecule has 0 aliphatic heterocycles. The van der Waals surface area contributed by atoms with Crippen molar-refractivity contribution >= 4 is 5.97 Å². The smallest absolute Gasteiger partial charge is 0.308 e. The largest absolute Gasteiger partial charge is 0.466 e. The van der Waals surface area contributed by atoms with Crippen LogP contribution in [0.25, 0.3) is 0 Å². The van der Waals surface area contributed by atoms with E-state index in [1.54, 1.807) is 6.92 Å². The molecule has 1 aliphatic rings. The molecule has 92 valence electrons.